The van der Waals surface area contributed by atoms with E-state index in [-0.39, 0.29) is 23.5 Å². The third-order valence-corrected chi connectivity index (χ3v) is 4.66. The number of rotatable bonds is 6. The smallest absolute Gasteiger partial charge is 0.253 e. The number of anilines is 1. The number of hydrogen-bond acceptors (Lipinski definition) is 3. The molecule has 112 valence electrons. The first kappa shape index (κ1) is 16.8. The van der Waals surface area contributed by atoms with Crippen LogP contribution in [-0.2, 0) is 10.0 Å². The van der Waals surface area contributed by atoms with Gasteiger partial charge < -0.3 is 4.90 Å². The summed E-state index contributed by atoms with van der Waals surface area (Å²) in [6.07, 6.45) is 0. The van der Waals surface area contributed by atoms with Gasteiger partial charge in [-0.15, -0.1) is 11.6 Å². The number of sulfonamides is 1. The Bertz CT molecular complexity index is 555. The molecule has 0 fully saturated rings. The summed E-state index contributed by atoms with van der Waals surface area (Å²) >= 11 is 5.61. The van der Waals surface area contributed by atoms with Gasteiger partial charge in [0.05, 0.1) is 5.75 Å². The van der Waals surface area contributed by atoms with E-state index in [0.29, 0.717) is 11.3 Å². The maximum Gasteiger partial charge on any atom is 0.253 e. The Morgan fingerprint density at radius 1 is 1.30 bits per heavy atom. The Balaban J connectivity index is 2.78. The first-order valence-electron chi connectivity index (χ1n) is 6.13. The van der Waals surface area contributed by atoms with Gasteiger partial charge in [0.15, 0.2) is 0 Å². The van der Waals surface area contributed by atoms with E-state index in [1.54, 1.807) is 45.3 Å². The predicted octanol–water partition coefficient (Wildman–Crippen LogP) is 2.00. The van der Waals surface area contributed by atoms with Crippen molar-refractivity contribution in [2.45, 2.75) is 6.92 Å². The first-order valence-corrected chi connectivity index (χ1v) is 8.32. The van der Waals surface area contributed by atoms with Gasteiger partial charge >= 0.3 is 0 Å². The van der Waals surface area contributed by atoms with Gasteiger partial charge in [-0.25, -0.2) is 8.42 Å². The van der Waals surface area contributed by atoms with Crippen LogP contribution in [0.4, 0.5) is 5.69 Å². The molecule has 0 saturated heterocycles. The molecule has 0 radical (unpaired) electrons. The summed E-state index contributed by atoms with van der Waals surface area (Å²) in [6, 6.07) is 6.32. The number of halogens is 1. The first-order chi connectivity index (χ1) is 9.25. The van der Waals surface area contributed by atoms with E-state index in [1.165, 1.54) is 4.90 Å². The standard InChI is InChI=1S/C13H19ClN2O3S/c1-10(8-14)9-20(18,19)15-12-6-4-11(5-7-12)13(17)16(2)3/h4-7,10,15H,8-9H2,1-3H3. The number of hydrogen-bond donors (Lipinski definition) is 1. The molecule has 0 aliphatic heterocycles. The number of amides is 1. The molecular formula is C13H19ClN2O3S. The second-order valence-corrected chi connectivity index (χ2v) is 7.00. The van der Waals surface area contributed by atoms with E-state index in [1.807, 2.05) is 0 Å². The molecule has 0 heterocycles. The fourth-order valence-corrected chi connectivity index (χ4v) is 3.26. The molecule has 1 aromatic carbocycles. The monoisotopic (exact) mass is 318 g/mol. The van der Waals surface area contributed by atoms with Gasteiger partial charge in [-0.1, -0.05) is 6.92 Å². The zero-order valence-corrected chi connectivity index (χ0v) is 13.3. The quantitative estimate of drug-likeness (QED) is 0.816. The van der Waals surface area contributed by atoms with Crippen molar-refractivity contribution in [1.82, 2.24) is 4.90 Å². The van der Waals surface area contributed by atoms with Crippen LogP contribution in [0.25, 0.3) is 0 Å². The zero-order valence-electron chi connectivity index (χ0n) is 11.8. The van der Waals surface area contributed by atoms with Crippen LogP contribution in [0, 0.1) is 5.92 Å². The lowest BCUT2D eigenvalue weighted by atomic mass is 10.2. The lowest BCUT2D eigenvalue weighted by molar-refractivity contribution is 0.0827. The minimum atomic E-state index is -3.43. The fourth-order valence-electron chi connectivity index (χ4n) is 1.58. The Hall–Kier alpha value is -1.27. The average molecular weight is 319 g/mol. The van der Waals surface area contributed by atoms with Crippen molar-refractivity contribution in [2.24, 2.45) is 5.92 Å². The van der Waals surface area contributed by atoms with Gasteiger partial charge in [-0.2, -0.15) is 0 Å². The minimum Gasteiger partial charge on any atom is -0.345 e. The Morgan fingerprint density at radius 3 is 2.30 bits per heavy atom. The molecule has 1 unspecified atom stereocenters. The Labute approximate surface area is 125 Å². The molecule has 0 aliphatic carbocycles. The second-order valence-electron chi connectivity index (χ2n) is 4.92. The van der Waals surface area contributed by atoms with E-state index in [4.69, 9.17) is 11.6 Å². The fraction of sp³-hybridized carbons (Fsp3) is 0.462. The minimum absolute atomic E-state index is 0.0329. The SMILES string of the molecule is CC(CCl)CS(=O)(=O)Nc1ccc(C(=O)N(C)C)cc1. The van der Waals surface area contributed by atoms with E-state index < -0.39 is 10.0 Å². The molecule has 1 rings (SSSR count). The van der Waals surface area contributed by atoms with Crippen molar-refractivity contribution >= 4 is 33.2 Å². The summed E-state index contributed by atoms with van der Waals surface area (Å²) in [7, 11) is -0.107. The predicted molar refractivity (Wildman–Crippen MR) is 81.8 cm³/mol. The molecule has 0 aromatic heterocycles. The number of alkyl halides is 1. The number of carbonyl (C=O) groups is 1. The highest BCUT2D eigenvalue weighted by atomic mass is 35.5. The second kappa shape index (κ2) is 6.95. The molecule has 0 bridgehead atoms. The van der Waals surface area contributed by atoms with Crippen LogP contribution in [0.3, 0.4) is 0 Å². The molecule has 7 heteroatoms. The molecule has 1 atom stereocenters. The number of carbonyl (C=O) groups excluding carboxylic acids is 1. The molecule has 1 aromatic rings. The summed E-state index contributed by atoms with van der Waals surface area (Å²) in [5.41, 5.74) is 0.939. The Morgan fingerprint density at radius 2 is 1.85 bits per heavy atom. The van der Waals surface area contributed by atoms with Gasteiger partial charge in [0.1, 0.15) is 0 Å². The lowest BCUT2D eigenvalue weighted by Crippen LogP contribution is -2.23. The van der Waals surface area contributed by atoms with Gasteiger partial charge in [0.2, 0.25) is 10.0 Å². The van der Waals surface area contributed by atoms with E-state index in [9.17, 15) is 13.2 Å². The highest BCUT2D eigenvalue weighted by Gasteiger charge is 2.15. The largest absolute Gasteiger partial charge is 0.345 e. The molecule has 20 heavy (non-hydrogen) atoms. The van der Waals surface area contributed by atoms with Gasteiger partial charge in [-0.05, 0) is 30.2 Å². The topological polar surface area (TPSA) is 66.5 Å². The van der Waals surface area contributed by atoms with E-state index in [2.05, 4.69) is 4.72 Å². The molecule has 0 saturated carbocycles. The van der Waals surface area contributed by atoms with Gasteiger partial charge in [-0.3, -0.25) is 9.52 Å². The number of nitrogens with zero attached hydrogens (tertiary/aromatic N) is 1. The maximum atomic E-state index is 11.9. The van der Waals surface area contributed by atoms with Crippen LogP contribution in [0.1, 0.15) is 17.3 Å². The Kier molecular flexibility index (Phi) is 5.83. The van der Waals surface area contributed by atoms with E-state index >= 15 is 0 Å². The van der Waals surface area contributed by atoms with Crippen molar-refractivity contribution < 1.29 is 13.2 Å². The van der Waals surface area contributed by atoms with Crippen molar-refractivity contribution in [2.75, 3.05) is 30.5 Å². The average Bonchev–Trinajstić information content (AvgIpc) is 2.37. The van der Waals surface area contributed by atoms with Crippen LogP contribution in [0.2, 0.25) is 0 Å². The van der Waals surface area contributed by atoms with Gasteiger partial charge in [0, 0.05) is 31.2 Å². The summed E-state index contributed by atoms with van der Waals surface area (Å²) in [4.78, 5) is 13.2. The van der Waals surface area contributed by atoms with Crippen molar-refractivity contribution in [3.63, 3.8) is 0 Å². The highest BCUT2D eigenvalue weighted by molar-refractivity contribution is 7.92. The maximum absolute atomic E-state index is 11.9. The zero-order chi connectivity index (χ0) is 15.3. The van der Waals surface area contributed by atoms with Crippen molar-refractivity contribution in [3.05, 3.63) is 29.8 Å². The summed E-state index contributed by atoms with van der Waals surface area (Å²) in [6.45, 7) is 1.77. The molecule has 1 N–H and O–H groups in total. The van der Waals surface area contributed by atoms with Crippen molar-refractivity contribution in [3.8, 4) is 0 Å². The molecule has 0 aliphatic rings. The highest BCUT2D eigenvalue weighted by Crippen LogP contribution is 2.14. The van der Waals surface area contributed by atoms with Crippen molar-refractivity contribution in [1.29, 1.82) is 0 Å². The molecule has 1 amide bonds. The summed E-state index contributed by atoms with van der Waals surface area (Å²) < 4.78 is 26.2. The van der Waals surface area contributed by atoms with Crippen LogP contribution in [0.15, 0.2) is 24.3 Å². The normalized spacial score (nSPS) is 12.8. The summed E-state index contributed by atoms with van der Waals surface area (Å²) in [5, 5.41) is 0. The van der Waals surface area contributed by atoms with Crippen LogP contribution < -0.4 is 4.72 Å². The van der Waals surface area contributed by atoms with E-state index in [0.717, 1.165) is 0 Å². The third kappa shape index (κ3) is 5.02. The molecular weight excluding hydrogens is 300 g/mol. The van der Waals surface area contributed by atoms with Crippen LogP contribution >= 0.6 is 11.6 Å². The summed E-state index contributed by atoms with van der Waals surface area (Å²) in [5.74, 6) is 0.00502. The van der Waals surface area contributed by atoms with Gasteiger partial charge in [0.25, 0.3) is 5.91 Å². The van der Waals surface area contributed by atoms with Crippen LogP contribution in [0.5, 0.6) is 0 Å². The molecule has 5 nitrogen and oxygen atoms in total. The number of benzene rings is 1. The molecule has 0 spiro atoms. The van der Waals surface area contributed by atoms with Crippen LogP contribution in [-0.4, -0.2) is 45.0 Å². The number of nitrogens with one attached hydrogen (secondary N) is 1. The lowest BCUT2D eigenvalue weighted by Gasteiger charge is -2.13. The third-order valence-electron chi connectivity index (χ3n) is 2.58.